The number of nitrogens with zero attached hydrogens (tertiary/aromatic N) is 1. The highest BCUT2D eigenvalue weighted by atomic mass is 32.2. The summed E-state index contributed by atoms with van der Waals surface area (Å²) in [5.74, 6) is 1.46. The normalized spacial score (nSPS) is 14.5. The maximum Gasteiger partial charge on any atom is 0.261 e. The molecule has 0 saturated heterocycles. The molecule has 0 saturated carbocycles. The summed E-state index contributed by atoms with van der Waals surface area (Å²) in [7, 11) is -2.09. The van der Waals surface area contributed by atoms with E-state index >= 15 is 0 Å². The van der Waals surface area contributed by atoms with E-state index in [1.165, 1.54) is 19.2 Å². The minimum Gasteiger partial charge on any atom is -0.497 e. The van der Waals surface area contributed by atoms with E-state index in [4.69, 9.17) is 4.74 Å². The second-order valence-electron chi connectivity index (χ2n) is 5.37. The molecule has 1 heterocycles. The number of sulfonamides is 1. The fourth-order valence-electron chi connectivity index (χ4n) is 2.39. The van der Waals surface area contributed by atoms with Crippen LogP contribution in [0.2, 0.25) is 0 Å². The zero-order valence-corrected chi connectivity index (χ0v) is 14.1. The van der Waals surface area contributed by atoms with Crippen molar-refractivity contribution < 1.29 is 13.2 Å². The number of rotatable bonds is 5. The molecule has 0 radical (unpaired) electrons. The first-order valence-electron chi connectivity index (χ1n) is 7.64. The Morgan fingerprint density at radius 1 is 1.08 bits per heavy atom. The highest BCUT2D eigenvalue weighted by Gasteiger charge is 2.14. The van der Waals surface area contributed by atoms with E-state index in [1.54, 1.807) is 24.3 Å². The van der Waals surface area contributed by atoms with Crippen molar-refractivity contribution >= 4 is 21.5 Å². The summed E-state index contributed by atoms with van der Waals surface area (Å²) in [4.78, 5) is 4.61. The van der Waals surface area contributed by atoms with Gasteiger partial charge in [-0.05, 0) is 55.0 Å². The van der Waals surface area contributed by atoms with Crippen LogP contribution in [0.4, 0.5) is 5.69 Å². The van der Waals surface area contributed by atoms with Crippen molar-refractivity contribution in [2.75, 3.05) is 24.9 Å². The van der Waals surface area contributed by atoms with Crippen LogP contribution in [0.1, 0.15) is 12.0 Å². The smallest absolute Gasteiger partial charge is 0.261 e. The highest BCUT2D eigenvalue weighted by Crippen LogP contribution is 2.19. The number of nitrogens with one attached hydrogen (secondary N) is 2. The molecule has 0 aliphatic carbocycles. The van der Waals surface area contributed by atoms with Crippen LogP contribution < -0.4 is 14.8 Å². The van der Waals surface area contributed by atoms with Gasteiger partial charge in [-0.1, -0.05) is 0 Å². The topological polar surface area (TPSA) is 79.8 Å². The second-order valence-corrected chi connectivity index (χ2v) is 7.05. The summed E-state index contributed by atoms with van der Waals surface area (Å²) < 4.78 is 32.4. The lowest BCUT2D eigenvalue weighted by molar-refractivity contribution is 0.414. The molecule has 0 unspecified atom stereocenters. The van der Waals surface area contributed by atoms with Crippen molar-refractivity contribution in [2.45, 2.75) is 11.3 Å². The average Bonchev–Trinajstić information content (AvgIpc) is 2.63. The molecule has 1 aliphatic heterocycles. The Labute approximate surface area is 141 Å². The first kappa shape index (κ1) is 16.3. The molecule has 6 nitrogen and oxygen atoms in total. The van der Waals surface area contributed by atoms with Crippen LogP contribution in [0.3, 0.4) is 0 Å². The van der Waals surface area contributed by atoms with Crippen LogP contribution in [-0.4, -0.2) is 34.5 Å². The van der Waals surface area contributed by atoms with Gasteiger partial charge < -0.3 is 10.1 Å². The summed E-state index contributed by atoms with van der Waals surface area (Å²) in [6.07, 6.45) is 1.03. The largest absolute Gasteiger partial charge is 0.497 e. The van der Waals surface area contributed by atoms with Crippen LogP contribution in [0.25, 0.3) is 0 Å². The van der Waals surface area contributed by atoms with E-state index in [9.17, 15) is 8.42 Å². The Hall–Kier alpha value is -2.54. The molecule has 0 amide bonds. The zero-order valence-electron chi connectivity index (χ0n) is 13.3. The third-order valence-corrected chi connectivity index (χ3v) is 5.07. The van der Waals surface area contributed by atoms with Crippen molar-refractivity contribution in [1.82, 2.24) is 5.32 Å². The van der Waals surface area contributed by atoms with Gasteiger partial charge in [0.05, 0.1) is 12.0 Å². The molecule has 0 bridgehead atoms. The minimum atomic E-state index is -3.63. The molecule has 0 aromatic heterocycles. The van der Waals surface area contributed by atoms with Gasteiger partial charge >= 0.3 is 0 Å². The Kier molecular flexibility index (Phi) is 4.71. The van der Waals surface area contributed by atoms with Crippen molar-refractivity contribution in [3.05, 3.63) is 54.1 Å². The number of hydrogen-bond donors (Lipinski definition) is 2. The van der Waals surface area contributed by atoms with Crippen molar-refractivity contribution in [1.29, 1.82) is 0 Å². The maximum atomic E-state index is 12.4. The Bertz CT molecular complexity index is 828. The van der Waals surface area contributed by atoms with Gasteiger partial charge in [-0.3, -0.25) is 9.71 Å². The average molecular weight is 345 g/mol. The lowest BCUT2D eigenvalue weighted by Gasteiger charge is -2.15. The lowest BCUT2D eigenvalue weighted by atomic mass is 10.1. The van der Waals surface area contributed by atoms with E-state index in [0.717, 1.165) is 30.9 Å². The van der Waals surface area contributed by atoms with Crippen LogP contribution in [-0.2, 0) is 10.0 Å². The molecule has 2 aromatic carbocycles. The van der Waals surface area contributed by atoms with Crippen molar-refractivity contribution in [3.8, 4) is 5.75 Å². The summed E-state index contributed by atoms with van der Waals surface area (Å²) >= 11 is 0. The van der Waals surface area contributed by atoms with Gasteiger partial charge in [0.25, 0.3) is 10.0 Å². The first-order chi connectivity index (χ1) is 11.6. The summed E-state index contributed by atoms with van der Waals surface area (Å²) in [5, 5.41) is 3.24. The highest BCUT2D eigenvalue weighted by molar-refractivity contribution is 7.92. The quantitative estimate of drug-likeness (QED) is 0.871. The minimum absolute atomic E-state index is 0.186. The monoisotopic (exact) mass is 345 g/mol. The summed E-state index contributed by atoms with van der Waals surface area (Å²) in [6.45, 7) is 1.72. The van der Waals surface area contributed by atoms with Gasteiger partial charge in [0.15, 0.2) is 0 Å². The molecule has 24 heavy (non-hydrogen) atoms. The lowest BCUT2D eigenvalue weighted by Crippen LogP contribution is -2.30. The molecule has 3 rings (SSSR count). The number of benzene rings is 2. The van der Waals surface area contributed by atoms with Gasteiger partial charge in [0.1, 0.15) is 11.6 Å². The predicted octanol–water partition coefficient (Wildman–Crippen LogP) is 2.24. The van der Waals surface area contributed by atoms with Crippen LogP contribution in [0, 0.1) is 0 Å². The SMILES string of the molecule is COc1ccc(S(=O)(=O)Nc2ccc(C3=NCCCN3)cc2)cc1. The van der Waals surface area contributed by atoms with E-state index in [1.807, 2.05) is 12.1 Å². The molecule has 0 spiro atoms. The molecule has 0 fully saturated rings. The molecular weight excluding hydrogens is 326 g/mol. The van der Waals surface area contributed by atoms with Gasteiger partial charge in [0, 0.05) is 24.3 Å². The zero-order chi connectivity index (χ0) is 17.0. The number of anilines is 1. The van der Waals surface area contributed by atoms with Gasteiger partial charge in [-0.2, -0.15) is 0 Å². The fraction of sp³-hybridized carbons (Fsp3) is 0.235. The van der Waals surface area contributed by atoms with Crippen LogP contribution >= 0.6 is 0 Å². The number of methoxy groups -OCH3 is 1. The number of amidine groups is 1. The fourth-order valence-corrected chi connectivity index (χ4v) is 3.45. The third kappa shape index (κ3) is 3.68. The Morgan fingerprint density at radius 2 is 1.79 bits per heavy atom. The predicted molar refractivity (Wildman–Crippen MR) is 94.3 cm³/mol. The van der Waals surface area contributed by atoms with Gasteiger partial charge in [-0.25, -0.2) is 8.42 Å². The molecule has 2 aromatic rings. The van der Waals surface area contributed by atoms with Gasteiger partial charge in [-0.15, -0.1) is 0 Å². The van der Waals surface area contributed by atoms with Gasteiger partial charge in [0.2, 0.25) is 0 Å². The molecule has 1 aliphatic rings. The van der Waals surface area contributed by atoms with Crippen molar-refractivity contribution in [3.63, 3.8) is 0 Å². The standard InChI is InChI=1S/C17H19N3O3S/c1-23-15-7-9-16(10-8-15)24(21,22)20-14-5-3-13(4-6-14)17-18-11-2-12-19-17/h3-10,20H,2,11-12H2,1H3,(H,18,19). The molecule has 2 N–H and O–H groups in total. The molecule has 0 atom stereocenters. The Balaban J connectivity index is 1.75. The number of aliphatic imine (C=N–C) groups is 1. The summed E-state index contributed by atoms with van der Waals surface area (Å²) in [5.41, 5.74) is 1.45. The molecular formula is C17H19N3O3S. The third-order valence-electron chi connectivity index (χ3n) is 3.68. The molecule has 7 heteroatoms. The van der Waals surface area contributed by atoms with E-state index in [2.05, 4.69) is 15.0 Å². The first-order valence-corrected chi connectivity index (χ1v) is 9.12. The van der Waals surface area contributed by atoms with E-state index in [0.29, 0.717) is 11.4 Å². The maximum absolute atomic E-state index is 12.4. The van der Waals surface area contributed by atoms with Crippen molar-refractivity contribution in [2.24, 2.45) is 4.99 Å². The summed E-state index contributed by atoms with van der Waals surface area (Å²) in [6, 6.07) is 13.4. The number of hydrogen-bond acceptors (Lipinski definition) is 5. The van der Waals surface area contributed by atoms with Crippen LogP contribution in [0.15, 0.2) is 58.4 Å². The number of ether oxygens (including phenoxy) is 1. The second kappa shape index (κ2) is 6.92. The Morgan fingerprint density at radius 3 is 2.38 bits per heavy atom. The molecule has 126 valence electrons. The van der Waals surface area contributed by atoms with E-state index in [-0.39, 0.29) is 4.90 Å². The van der Waals surface area contributed by atoms with Crippen LogP contribution in [0.5, 0.6) is 5.75 Å². The van der Waals surface area contributed by atoms with E-state index < -0.39 is 10.0 Å².